The molecule has 0 saturated carbocycles. The van der Waals surface area contributed by atoms with E-state index in [4.69, 9.17) is 11.6 Å². The highest BCUT2D eigenvalue weighted by Crippen LogP contribution is 2.27. The van der Waals surface area contributed by atoms with E-state index in [0.717, 1.165) is 41.4 Å². The fourth-order valence-corrected chi connectivity index (χ4v) is 2.93. The first-order valence-corrected chi connectivity index (χ1v) is 8.16. The molecular formula is C18H18ClFN2O. The molecule has 0 unspecified atom stereocenters. The van der Waals surface area contributed by atoms with Gasteiger partial charge in [-0.25, -0.2) is 9.18 Å². The normalized spacial score (nSPS) is 11.3. The zero-order chi connectivity index (χ0) is 16.4. The number of benzene rings is 2. The molecule has 0 saturated heterocycles. The summed E-state index contributed by atoms with van der Waals surface area (Å²) in [7, 11) is 0. The molecule has 3 rings (SSSR count). The van der Waals surface area contributed by atoms with Gasteiger partial charge in [0.25, 0.3) is 0 Å². The molecule has 1 aromatic heterocycles. The fourth-order valence-electron chi connectivity index (χ4n) is 2.75. The van der Waals surface area contributed by atoms with Crippen molar-refractivity contribution >= 4 is 22.6 Å². The van der Waals surface area contributed by atoms with Crippen molar-refractivity contribution in [3.63, 3.8) is 0 Å². The van der Waals surface area contributed by atoms with Crippen LogP contribution in [-0.4, -0.2) is 9.55 Å². The maximum atomic E-state index is 13.3. The lowest BCUT2D eigenvalue weighted by molar-refractivity contribution is 0.601. The maximum Gasteiger partial charge on any atom is 0.326 e. The zero-order valence-corrected chi connectivity index (χ0v) is 13.7. The lowest BCUT2D eigenvalue weighted by atomic mass is 10.0. The minimum absolute atomic E-state index is 0.0922. The van der Waals surface area contributed by atoms with E-state index in [1.165, 1.54) is 6.07 Å². The van der Waals surface area contributed by atoms with E-state index in [0.29, 0.717) is 6.54 Å². The quantitative estimate of drug-likeness (QED) is 0.657. The summed E-state index contributed by atoms with van der Waals surface area (Å²) in [5, 5.41) is 0.0944. The Bertz CT molecular complexity index is 898. The largest absolute Gasteiger partial charge is 0.326 e. The van der Waals surface area contributed by atoms with E-state index in [9.17, 15) is 9.18 Å². The predicted octanol–water partition coefficient (Wildman–Crippen LogP) is 4.98. The molecule has 0 aliphatic heterocycles. The Balaban J connectivity index is 2.04. The molecule has 1 heterocycles. The first kappa shape index (κ1) is 15.8. The molecule has 120 valence electrons. The number of H-pyrrole nitrogens is 1. The summed E-state index contributed by atoms with van der Waals surface area (Å²) >= 11 is 5.87. The molecule has 0 aliphatic carbocycles. The van der Waals surface area contributed by atoms with E-state index in [1.807, 2.05) is 18.2 Å². The Hall–Kier alpha value is -2.07. The van der Waals surface area contributed by atoms with Crippen LogP contribution < -0.4 is 5.69 Å². The summed E-state index contributed by atoms with van der Waals surface area (Å²) in [6, 6.07) is 10.4. The average Bonchev–Trinajstić information content (AvgIpc) is 2.85. The van der Waals surface area contributed by atoms with Crippen LogP contribution in [0, 0.1) is 5.82 Å². The summed E-state index contributed by atoms with van der Waals surface area (Å²) in [5.74, 6) is -0.436. The number of imidazole rings is 1. The van der Waals surface area contributed by atoms with Gasteiger partial charge in [0.1, 0.15) is 5.82 Å². The Morgan fingerprint density at radius 3 is 2.61 bits per heavy atom. The van der Waals surface area contributed by atoms with Crippen molar-refractivity contribution in [1.82, 2.24) is 9.55 Å². The Kier molecular flexibility index (Phi) is 4.53. The second-order valence-corrected chi connectivity index (χ2v) is 6.06. The molecule has 2 aromatic carbocycles. The van der Waals surface area contributed by atoms with Crippen molar-refractivity contribution in [2.24, 2.45) is 0 Å². The third kappa shape index (κ3) is 3.17. The fraction of sp³-hybridized carbons (Fsp3) is 0.278. The van der Waals surface area contributed by atoms with E-state index in [1.54, 1.807) is 16.7 Å². The van der Waals surface area contributed by atoms with Crippen molar-refractivity contribution in [2.45, 2.75) is 32.7 Å². The summed E-state index contributed by atoms with van der Waals surface area (Å²) in [6.45, 7) is 2.83. The van der Waals surface area contributed by atoms with Crippen molar-refractivity contribution in [3.05, 3.63) is 57.7 Å². The molecule has 23 heavy (non-hydrogen) atoms. The van der Waals surface area contributed by atoms with Gasteiger partial charge in [0, 0.05) is 6.54 Å². The molecule has 0 spiro atoms. The number of rotatable bonds is 5. The Morgan fingerprint density at radius 1 is 1.13 bits per heavy atom. The van der Waals surface area contributed by atoms with Crippen molar-refractivity contribution in [3.8, 4) is 11.1 Å². The first-order valence-electron chi connectivity index (χ1n) is 7.78. The van der Waals surface area contributed by atoms with E-state index in [-0.39, 0.29) is 10.7 Å². The molecule has 0 atom stereocenters. The number of aromatic nitrogens is 2. The predicted molar refractivity (Wildman–Crippen MR) is 92.5 cm³/mol. The maximum absolute atomic E-state index is 13.3. The molecule has 0 radical (unpaired) electrons. The molecule has 3 nitrogen and oxygen atoms in total. The number of hydrogen-bond donors (Lipinski definition) is 1. The number of aryl methyl sites for hydroxylation is 1. The van der Waals surface area contributed by atoms with Crippen LogP contribution in [0.2, 0.25) is 5.02 Å². The smallest absolute Gasteiger partial charge is 0.306 e. The molecule has 3 aromatic rings. The first-order chi connectivity index (χ1) is 11.1. The van der Waals surface area contributed by atoms with Crippen molar-refractivity contribution in [1.29, 1.82) is 0 Å². The monoisotopic (exact) mass is 332 g/mol. The second-order valence-electron chi connectivity index (χ2n) is 5.65. The highest BCUT2D eigenvalue weighted by Gasteiger charge is 2.09. The Labute approximate surface area is 138 Å². The van der Waals surface area contributed by atoms with Gasteiger partial charge in [-0.05, 0) is 41.8 Å². The highest BCUT2D eigenvalue weighted by molar-refractivity contribution is 6.31. The number of nitrogens with one attached hydrogen (secondary N) is 1. The van der Waals surface area contributed by atoms with Crippen LogP contribution in [0.15, 0.2) is 41.2 Å². The molecule has 1 N–H and O–H groups in total. The van der Waals surface area contributed by atoms with Gasteiger partial charge >= 0.3 is 5.69 Å². The molecule has 5 heteroatoms. The molecule has 0 fully saturated rings. The van der Waals surface area contributed by atoms with E-state index < -0.39 is 5.82 Å². The average molecular weight is 333 g/mol. The molecule has 0 amide bonds. The molecular weight excluding hydrogens is 315 g/mol. The van der Waals surface area contributed by atoms with Gasteiger partial charge in [-0.3, -0.25) is 4.57 Å². The standard InChI is InChI=1S/C18H18ClFN2O/c1-2-3-4-9-22-17-11-13(6-8-16(17)21-18(22)23)12-5-7-15(20)14(19)10-12/h5-8,10-11H,2-4,9H2,1H3,(H,21,23). The van der Waals surface area contributed by atoms with Crippen molar-refractivity contribution in [2.75, 3.05) is 0 Å². The molecule has 0 aliphatic rings. The van der Waals surface area contributed by atoms with Crippen LogP contribution in [0.4, 0.5) is 4.39 Å². The van der Waals surface area contributed by atoms with Crippen LogP contribution in [0.1, 0.15) is 26.2 Å². The number of nitrogens with zero attached hydrogens (tertiary/aromatic N) is 1. The summed E-state index contributed by atoms with van der Waals surface area (Å²) in [4.78, 5) is 15.0. The Morgan fingerprint density at radius 2 is 1.87 bits per heavy atom. The number of unbranched alkanes of at least 4 members (excludes halogenated alkanes) is 2. The number of aromatic amines is 1. The third-order valence-electron chi connectivity index (χ3n) is 4.01. The number of fused-ring (bicyclic) bond motifs is 1. The lowest BCUT2D eigenvalue weighted by Gasteiger charge is -2.06. The lowest BCUT2D eigenvalue weighted by Crippen LogP contribution is -2.16. The van der Waals surface area contributed by atoms with Crippen LogP contribution >= 0.6 is 11.6 Å². The van der Waals surface area contributed by atoms with Gasteiger partial charge in [0.15, 0.2) is 0 Å². The van der Waals surface area contributed by atoms with Gasteiger partial charge in [-0.1, -0.05) is 43.5 Å². The van der Waals surface area contributed by atoms with Gasteiger partial charge < -0.3 is 4.98 Å². The van der Waals surface area contributed by atoms with Crippen molar-refractivity contribution < 1.29 is 4.39 Å². The second kappa shape index (κ2) is 6.59. The van der Waals surface area contributed by atoms with Gasteiger partial charge in [0.05, 0.1) is 16.1 Å². The minimum atomic E-state index is -0.436. The van der Waals surface area contributed by atoms with E-state index in [2.05, 4.69) is 11.9 Å². The summed E-state index contributed by atoms with van der Waals surface area (Å²) < 4.78 is 15.1. The minimum Gasteiger partial charge on any atom is -0.306 e. The number of hydrogen-bond acceptors (Lipinski definition) is 1. The third-order valence-corrected chi connectivity index (χ3v) is 4.30. The topological polar surface area (TPSA) is 37.8 Å². The van der Waals surface area contributed by atoms with Gasteiger partial charge in [-0.2, -0.15) is 0 Å². The van der Waals surface area contributed by atoms with Crippen LogP contribution in [-0.2, 0) is 6.54 Å². The highest BCUT2D eigenvalue weighted by atomic mass is 35.5. The zero-order valence-electron chi connectivity index (χ0n) is 12.9. The SMILES string of the molecule is CCCCCn1c(=O)[nH]c2ccc(-c3ccc(F)c(Cl)c3)cc21. The molecule has 0 bridgehead atoms. The van der Waals surface area contributed by atoms with Crippen LogP contribution in [0.3, 0.4) is 0 Å². The van der Waals surface area contributed by atoms with Gasteiger partial charge in [-0.15, -0.1) is 0 Å². The summed E-state index contributed by atoms with van der Waals surface area (Å²) in [6.07, 6.45) is 3.17. The summed E-state index contributed by atoms with van der Waals surface area (Å²) in [5.41, 5.74) is 3.31. The van der Waals surface area contributed by atoms with Crippen LogP contribution in [0.25, 0.3) is 22.2 Å². The van der Waals surface area contributed by atoms with Gasteiger partial charge in [0.2, 0.25) is 0 Å². The number of halogens is 2. The van der Waals surface area contributed by atoms with E-state index >= 15 is 0 Å². The van der Waals surface area contributed by atoms with Crippen LogP contribution in [0.5, 0.6) is 0 Å².